The molecule has 2 rings (SSSR count). The van der Waals surface area contributed by atoms with E-state index < -0.39 is 11.7 Å². The number of carbonyl (C=O) groups is 1. The van der Waals surface area contributed by atoms with Gasteiger partial charge in [0.2, 0.25) is 0 Å². The molecule has 0 spiro atoms. The molecule has 2 unspecified atom stereocenters. The zero-order valence-electron chi connectivity index (χ0n) is 14.8. The number of aromatic nitrogens is 1. The Balaban J connectivity index is 1.93. The molecule has 2 N–H and O–H groups in total. The first-order chi connectivity index (χ1) is 10.7. The third-order valence-electron chi connectivity index (χ3n) is 4.27. The van der Waals surface area contributed by atoms with E-state index in [1.54, 1.807) is 12.3 Å². The van der Waals surface area contributed by atoms with Crippen molar-refractivity contribution in [1.82, 2.24) is 4.98 Å². The lowest BCUT2D eigenvalue weighted by Gasteiger charge is -2.35. The Morgan fingerprint density at radius 2 is 1.87 bits per heavy atom. The first-order valence-electron chi connectivity index (χ1n) is 8.47. The first kappa shape index (κ1) is 17.6. The van der Waals surface area contributed by atoms with Crippen molar-refractivity contribution in [3.05, 3.63) is 18.3 Å². The molecule has 2 atom stereocenters. The van der Waals surface area contributed by atoms with Crippen molar-refractivity contribution in [2.75, 3.05) is 10.6 Å². The summed E-state index contributed by atoms with van der Waals surface area (Å²) < 4.78 is 5.22. The lowest BCUT2D eigenvalue weighted by molar-refractivity contribution is 0.0635. The van der Waals surface area contributed by atoms with Crippen molar-refractivity contribution in [1.29, 1.82) is 0 Å². The van der Waals surface area contributed by atoms with Crippen molar-refractivity contribution in [3.8, 4) is 0 Å². The molecular weight excluding hydrogens is 290 g/mol. The number of hydrogen-bond acceptors (Lipinski definition) is 4. The number of hydrogen-bond donors (Lipinski definition) is 2. The minimum atomic E-state index is -0.515. The van der Waals surface area contributed by atoms with Gasteiger partial charge in [0, 0.05) is 6.04 Å². The molecule has 23 heavy (non-hydrogen) atoms. The summed E-state index contributed by atoms with van der Waals surface area (Å²) in [5.74, 6) is 1.83. The van der Waals surface area contributed by atoms with Gasteiger partial charge in [-0.2, -0.15) is 0 Å². The van der Waals surface area contributed by atoms with E-state index in [0.717, 1.165) is 5.69 Å². The Labute approximate surface area is 139 Å². The maximum absolute atomic E-state index is 11.7. The van der Waals surface area contributed by atoms with Crippen LogP contribution in [0.15, 0.2) is 18.3 Å². The van der Waals surface area contributed by atoms with E-state index in [2.05, 4.69) is 29.5 Å². The van der Waals surface area contributed by atoms with E-state index in [0.29, 0.717) is 23.7 Å². The van der Waals surface area contributed by atoms with Crippen molar-refractivity contribution in [2.24, 2.45) is 11.8 Å². The highest BCUT2D eigenvalue weighted by atomic mass is 16.6. The lowest BCUT2D eigenvalue weighted by Crippen LogP contribution is -2.37. The standard InChI is InChI=1S/C18H29N3O2/c1-12-7-6-8-13(2)16(12)20-14-9-10-15(19-11-14)21-17(22)23-18(3,4)5/h9-13,16,20H,6-8H2,1-5H3,(H,19,21,22). The summed E-state index contributed by atoms with van der Waals surface area (Å²) in [7, 11) is 0. The van der Waals surface area contributed by atoms with Gasteiger partial charge in [0.05, 0.1) is 11.9 Å². The summed E-state index contributed by atoms with van der Waals surface area (Å²) in [6.45, 7) is 10.1. The molecule has 1 amide bonds. The van der Waals surface area contributed by atoms with Crippen LogP contribution in [0.2, 0.25) is 0 Å². The van der Waals surface area contributed by atoms with Gasteiger partial charge in [-0.05, 0) is 57.6 Å². The monoisotopic (exact) mass is 319 g/mol. The molecule has 1 aromatic rings. The van der Waals surface area contributed by atoms with Crippen LogP contribution < -0.4 is 10.6 Å². The highest BCUT2D eigenvalue weighted by molar-refractivity contribution is 5.83. The summed E-state index contributed by atoms with van der Waals surface area (Å²) >= 11 is 0. The van der Waals surface area contributed by atoms with Crippen molar-refractivity contribution < 1.29 is 9.53 Å². The van der Waals surface area contributed by atoms with Gasteiger partial charge in [0.15, 0.2) is 0 Å². The van der Waals surface area contributed by atoms with Gasteiger partial charge in [-0.3, -0.25) is 5.32 Å². The highest BCUT2D eigenvalue weighted by Gasteiger charge is 2.27. The van der Waals surface area contributed by atoms with Crippen LogP contribution in [-0.2, 0) is 4.74 Å². The number of anilines is 2. The molecule has 5 heteroatoms. The SMILES string of the molecule is CC1CCCC(C)C1Nc1ccc(NC(=O)OC(C)(C)C)nc1. The molecule has 1 aliphatic rings. The zero-order chi connectivity index (χ0) is 17.0. The molecule has 0 saturated heterocycles. The molecule has 1 saturated carbocycles. The maximum Gasteiger partial charge on any atom is 0.413 e. The van der Waals surface area contributed by atoms with Gasteiger partial charge >= 0.3 is 6.09 Å². The molecule has 1 heterocycles. The molecule has 0 aliphatic heterocycles. The van der Waals surface area contributed by atoms with Crippen LogP contribution in [0.4, 0.5) is 16.3 Å². The molecule has 1 fully saturated rings. The third-order valence-corrected chi connectivity index (χ3v) is 4.27. The molecule has 0 radical (unpaired) electrons. The molecule has 1 aliphatic carbocycles. The molecule has 5 nitrogen and oxygen atoms in total. The first-order valence-corrected chi connectivity index (χ1v) is 8.47. The number of ether oxygens (including phenoxy) is 1. The van der Waals surface area contributed by atoms with Gasteiger partial charge in [0.25, 0.3) is 0 Å². The summed E-state index contributed by atoms with van der Waals surface area (Å²) in [5.41, 5.74) is 0.476. The fourth-order valence-corrected chi connectivity index (χ4v) is 3.12. The van der Waals surface area contributed by atoms with E-state index in [4.69, 9.17) is 4.74 Å². The Hall–Kier alpha value is -1.78. The molecule has 0 bridgehead atoms. The third kappa shape index (κ3) is 5.41. The van der Waals surface area contributed by atoms with Crippen LogP contribution in [0.5, 0.6) is 0 Å². The van der Waals surface area contributed by atoms with Gasteiger partial charge in [-0.1, -0.05) is 20.3 Å². The van der Waals surface area contributed by atoms with E-state index in [-0.39, 0.29) is 0 Å². The van der Waals surface area contributed by atoms with Crippen LogP contribution in [-0.4, -0.2) is 22.7 Å². The van der Waals surface area contributed by atoms with Crippen LogP contribution in [0.1, 0.15) is 53.9 Å². The average Bonchev–Trinajstić information content (AvgIpc) is 2.43. The van der Waals surface area contributed by atoms with Crippen molar-refractivity contribution in [2.45, 2.75) is 65.5 Å². The second-order valence-electron chi connectivity index (χ2n) is 7.61. The topological polar surface area (TPSA) is 63.2 Å². The minimum absolute atomic E-state index is 0.482. The number of rotatable bonds is 3. The van der Waals surface area contributed by atoms with Crippen molar-refractivity contribution >= 4 is 17.6 Å². The Morgan fingerprint density at radius 3 is 2.39 bits per heavy atom. The number of nitrogens with one attached hydrogen (secondary N) is 2. The lowest BCUT2D eigenvalue weighted by atomic mass is 9.78. The Kier molecular flexibility index (Phi) is 5.50. The quantitative estimate of drug-likeness (QED) is 0.850. The zero-order valence-corrected chi connectivity index (χ0v) is 14.8. The van der Waals surface area contributed by atoms with Crippen molar-refractivity contribution in [3.63, 3.8) is 0 Å². The summed E-state index contributed by atoms with van der Waals surface area (Å²) in [4.78, 5) is 16.0. The molecular formula is C18H29N3O2. The Morgan fingerprint density at radius 1 is 1.22 bits per heavy atom. The maximum atomic E-state index is 11.7. The van der Waals surface area contributed by atoms with Gasteiger partial charge in [-0.25, -0.2) is 9.78 Å². The smallest absolute Gasteiger partial charge is 0.413 e. The molecule has 128 valence electrons. The molecule has 0 aromatic carbocycles. The fourth-order valence-electron chi connectivity index (χ4n) is 3.12. The summed E-state index contributed by atoms with van der Waals surface area (Å²) in [6.07, 6.45) is 5.14. The predicted octanol–water partition coefficient (Wildman–Crippen LogP) is 4.67. The normalized spacial score (nSPS) is 24.8. The highest BCUT2D eigenvalue weighted by Crippen LogP contribution is 2.31. The van der Waals surface area contributed by atoms with Crippen LogP contribution >= 0.6 is 0 Å². The van der Waals surface area contributed by atoms with Crippen LogP contribution in [0.25, 0.3) is 0 Å². The van der Waals surface area contributed by atoms with Gasteiger partial charge in [0.1, 0.15) is 11.4 Å². The number of carbonyl (C=O) groups excluding carboxylic acids is 1. The fraction of sp³-hybridized carbons (Fsp3) is 0.667. The number of pyridine rings is 1. The van der Waals surface area contributed by atoms with E-state index >= 15 is 0 Å². The second-order valence-corrected chi connectivity index (χ2v) is 7.61. The van der Waals surface area contributed by atoms with E-state index in [1.165, 1.54) is 19.3 Å². The number of amides is 1. The summed E-state index contributed by atoms with van der Waals surface area (Å²) in [5, 5.41) is 6.24. The van der Waals surface area contributed by atoms with E-state index in [1.807, 2.05) is 26.8 Å². The Bertz CT molecular complexity index is 512. The predicted molar refractivity (Wildman–Crippen MR) is 93.7 cm³/mol. The van der Waals surface area contributed by atoms with Crippen LogP contribution in [0, 0.1) is 11.8 Å². The molecule has 1 aromatic heterocycles. The second kappa shape index (κ2) is 7.20. The average molecular weight is 319 g/mol. The van der Waals surface area contributed by atoms with Gasteiger partial charge < -0.3 is 10.1 Å². The largest absolute Gasteiger partial charge is 0.444 e. The summed E-state index contributed by atoms with van der Waals surface area (Å²) in [6, 6.07) is 4.23. The van der Waals surface area contributed by atoms with E-state index in [9.17, 15) is 4.79 Å². The minimum Gasteiger partial charge on any atom is -0.444 e. The number of nitrogens with zero attached hydrogens (tertiary/aromatic N) is 1. The van der Waals surface area contributed by atoms with Crippen LogP contribution in [0.3, 0.4) is 0 Å². The van der Waals surface area contributed by atoms with Gasteiger partial charge in [-0.15, -0.1) is 0 Å².